The number of nitrogens with zero attached hydrogens (tertiary/aromatic N) is 1. The Kier molecular flexibility index (Phi) is 8.39. The molecule has 27 heavy (non-hydrogen) atoms. The molecule has 1 aromatic heterocycles. The molecule has 3 atom stereocenters. The van der Waals surface area contributed by atoms with Crippen molar-refractivity contribution in [3.63, 3.8) is 0 Å². The summed E-state index contributed by atoms with van der Waals surface area (Å²) in [5, 5.41) is 14.1. The molecule has 0 aliphatic rings. The van der Waals surface area contributed by atoms with Gasteiger partial charge in [-0.25, -0.2) is 9.78 Å². The zero-order chi connectivity index (χ0) is 20.6. The highest BCUT2D eigenvalue weighted by molar-refractivity contribution is 5.92. The number of aromatic nitrogens is 2. The van der Waals surface area contributed by atoms with Crippen molar-refractivity contribution in [2.45, 2.75) is 51.2 Å². The largest absolute Gasteiger partial charge is 0.480 e. The first-order chi connectivity index (χ1) is 12.6. The van der Waals surface area contributed by atoms with Gasteiger partial charge in [-0.15, -0.1) is 0 Å². The Morgan fingerprint density at radius 1 is 1.19 bits per heavy atom. The van der Waals surface area contributed by atoms with Crippen LogP contribution in [0, 0.1) is 5.92 Å². The number of carboxylic acid groups (broad SMARTS) is 1. The third-order valence-electron chi connectivity index (χ3n) is 3.93. The van der Waals surface area contributed by atoms with Crippen LogP contribution in [-0.2, 0) is 25.6 Å². The number of primary amides is 1. The molecule has 150 valence electrons. The van der Waals surface area contributed by atoms with Gasteiger partial charge in [0.15, 0.2) is 0 Å². The maximum absolute atomic E-state index is 12.6. The molecule has 0 fully saturated rings. The van der Waals surface area contributed by atoms with Crippen molar-refractivity contribution in [1.29, 1.82) is 0 Å². The van der Waals surface area contributed by atoms with Gasteiger partial charge in [-0.05, 0) is 12.3 Å². The number of carbonyl (C=O) groups excluding carboxylic acids is 3. The third-order valence-corrected chi connectivity index (χ3v) is 3.93. The van der Waals surface area contributed by atoms with E-state index in [1.165, 1.54) is 12.5 Å². The third kappa shape index (κ3) is 7.44. The van der Waals surface area contributed by atoms with Gasteiger partial charge < -0.3 is 32.2 Å². The number of nitrogens with two attached hydrogens (primary N) is 2. The Bertz CT molecular complexity index is 660. The van der Waals surface area contributed by atoms with Gasteiger partial charge in [-0.3, -0.25) is 14.4 Å². The van der Waals surface area contributed by atoms with Crippen LogP contribution >= 0.6 is 0 Å². The first kappa shape index (κ1) is 22.1. The predicted molar refractivity (Wildman–Crippen MR) is 95.0 cm³/mol. The molecule has 1 aromatic rings. The van der Waals surface area contributed by atoms with Crippen LogP contribution < -0.4 is 22.1 Å². The van der Waals surface area contributed by atoms with E-state index >= 15 is 0 Å². The molecule has 0 aliphatic heterocycles. The minimum absolute atomic E-state index is 0.0601. The Labute approximate surface area is 156 Å². The second-order valence-electron chi connectivity index (χ2n) is 6.52. The highest BCUT2D eigenvalue weighted by atomic mass is 16.4. The molecule has 0 unspecified atom stereocenters. The van der Waals surface area contributed by atoms with Crippen LogP contribution in [0.1, 0.15) is 32.4 Å². The van der Waals surface area contributed by atoms with Crippen molar-refractivity contribution in [3.05, 3.63) is 18.2 Å². The quantitative estimate of drug-likeness (QED) is 0.261. The fraction of sp³-hybridized carbons (Fsp3) is 0.562. The van der Waals surface area contributed by atoms with Crippen LogP contribution in [0.5, 0.6) is 0 Å². The predicted octanol–water partition coefficient (Wildman–Crippen LogP) is -1.74. The first-order valence-electron chi connectivity index (χ1n) is 8.46. The van der Waals surface area contributed by atoms with Crippen molar-refractivity contribution < 1.29 is 24.3 Å². The maximum atomic E-state index is 12.6. The van der Waals surface area contributed by atoms with Crippen molar-refractivity contribution in [1.82, 2.24) is 20.6 Å². The summed E-state index contributed by atoms with van der Waals surface area (Å²) < 4.78 is 0. The van der Waals surface area contributed by atoms with E-state index in [1.54, 1.807) is 13.8 Å². The Balaban J connectivity index is 2.88. The average Bonchev–Trinajstić information content (AvgIpc) is 3.09. The summed E-state index contributed by atoms with van der Waals surface area (Å²) >= 11 is 0. The van der Waals surface area contributed by atoms with Crippen LogP contribution in [0.3, 0.4) is 0 Å². The number of aliphatic carboxylic acids is 1. The molecule has 0 spiro atoms. The molecular formula is C16H26N6O5. The normalized spacial score (nSPS) is 14.2. The van der Waals surface area contributed by atoms with E-state index in [0.717, 1.165) is 0 Å². The number of hydrogen-bond acceptors (Lipinski definition) is 6. The smallest absolute Gasteiger partial charge is 0.326 e. The highest BCUT2D eigenvalue weighted by Gasteiger charge is 2.29. The highest BCUT2D eigenvalue weighted by Crippen LogP contribution is 2.05. The number of hydrogen-bond donors (Lipinski definition) is 6. The minimum atomic E-state index is -1.31. The number of carbonyl (C=O) groups is 4. The lowest BCUT2D eigenvalue weighted by Crippen LogP contribution is -2.56. The summed E-state index contributed by atoms with van der Waals surface area (Å²) in [5.74, 6) is -3.39. The molecule has 11 nitrogen and oxygen atoms in total. The van der Waals surface area contributed by atoms with Gasteiger partial charge in [0, 0.05) is 24.7 Å². The SMILES string of the molecule is CC(C)[C@H](N)C(=O)N[C@@H](Cc1cnc[nH]1)C(=O)N[C@@H](CCC(N)=O)C(=O)O. The molecule has 0 radical (unpaired) electrons. The van der Waals surface area contributed by atoms with E-state index in [-0.39, 0.29) is 25.2 Å². The number of amides is 3. The Hall–Kier alpha value is -2.95. The van der Waals surface area contributed by atoms with Gasteiger partial charge in [0.05, 0.1) is 12.4 Å². The fourth-order valence-corrected chi connectivity index (χ4v) is 2.21. The standard InChI is InChI=1S/C16H26N6O5/c1-8(2)13(18)15(25)22-11(5-9-6-19-7-20-9)14(24)21-10(16(26)27)3-4-12(17)23/h6-8,10-11,13H,3-5,18H2,1-2H3,(H2,17,23)(H,19,20)(H,21,24)(H,22,25)(H,26,27)/t10-,11-,13-/m0/s1. The monoisotopic (exact) mass is 382 g/mol. The molecule has 11 heteroatoms. The Morgan fingerprint density at radius 3 is 2.30 bits per heavy atom. The molecule has 8 N–H and O–H groups in total. The number of imidazole rings is 1. The van der Waals surface area contributed by atoms with Crippen LogP contribution in [-0.4, -0.2) is 56.9 Å². The van der Waals surface area contributed by atoms with Gasteiger partial charge in [0.1, 0.15) is 12.1 Å². The molecule has 0 aliphatic carbocycles. The molecule has 0 aromatic carbocycles. The van der Waals surface area contributed by atoms with Gasteiger partial charge >= 0.3 is 5.97 Å². The van der Waals surface area contributed by atoms with Crippen LogP contribution in [0.4, 0.5) is 0 Å². The molecule has 1 rings (SSSR count). The molecule has 0 bridgehead atoms. The molecular weight excluding hydrogens is 356 g/mol. The second kappa shape index (κ2) is 10.3. The molecule has 1 heterocycles. The van der Waals surface area contributed by atoms with E-state index < -0.39 is 41.8 Å². The lowest BCUT2D eigenvalue weighted by Gasteiger charge is -2.23. The minimum Gasteiger partial charge on any atom is -0.480 e. The van der Waals surface area contributed by atoms with Gasteiger partial charge in [0.2, 0.25) is 17.7 Å². The van der Waals surface area contributed by atoms with Crippen LogP contribution in [0.15, 0.2) is 12.5 Å². The summed E-state index contributed by atoms with van der Waals surface area (Å²) in [6, 6.07) is -3.21. The van der Waals surface area contributed by atoms with Gasteiger partial charge in [0.25, 0.3) is 0 Å². The van der Waals surface area contributed by atoms with E-state index in [1.807, 2.05) is 0 Å². The molecule has 0 saturated heterocycles. The van der Waals surface area contributed by atoms with E-state index in [2.05, 4.69) is 20.6 Å². The van der Waals surface area contributed by atoms with Gasteiger partial charge in [-0.2, -0.15) is 0 Å². The Morgan fingerprint density at radius 2 is 1.81 bits per heavy atom. The van der Waals surface area contributed by atoms with Gasteiger partial charge in [-0.1, -0.05) is 13.8 Å². The first-order valence-corrected chi connectivity index (χ1v) is 8.46. The summed E-state index contributed by atoms with van der Waals surface area (Å²) in [5.41, 5.74) is 11.4. The molecule has 3 amide bonds. The van der Waals surface area contributed by atoms with Crippen LogP contribution in [0.25, 0.3) is 0 Å². The van der Waals surface area contributed by atoms with Crippen molar-refractivity contribution in [2.24, 2.45) is 17.4 Å². The van der Waals surface area contributed by atoms with Crippen molar-refractivity contribution >= 4 is 23.7 Å². The lowest BCUT2D eigenvalue weighted by atomic mass is 10.0. The summed E-state index contributed by atoms with van der Waals surface area (Å²) in [4.78, 5) is 53.7. The lowest BCUT2D eigenvalue weighted by molar-refractivity contribution is -0.142. The second-order valence-corrected chi connectivity index (χ2v) is 6.52. The molecule has 0 saturated carbocycles. The zero-order valence-electron chi connectivity index (χ0n) is 15.3. The summed E-state index contributed by atoms with van der Waals surface area (Å²) in [6.45, 7) is 3.52. The fourth-order valence-electron chi connectivity index (χ4n) is 2.21. The zero-order valence-corrected chi connectivity index (χ0v) is 15.3. The summed E-state index contributed by atoms with van der Waals surface area (Å²) in [6.07, 6.45) is 2.60. The maximum Gasteiger partial charge on any atom is 0.326 e. The number of rotatable bonds is 11. The number of nitrogens with one attached hydrogen (secondary N) is 3. The summed E-state index contributed by atoms with van der Waals surface area (Å²) in [7, 11) is 0. The average molecular weight is 382 g/mol. The van der Waals surface area contributed by atoms with E-state index in [9.17, 15) is 24.3 Å². The number of H-pyrrole nitrogens is 1. The van der Waals surface area contributed by atoms with E-state index in [4.69, 9.17) is 11.5 Å². The van der Waals surface area contributed by atoms with E-state index in [0.29, 0.717) is 5.69 Å². The topological polar surface area (TPSA) is 193 Å². The number of carboxylic acids is 1. The van der Waals surface area contributed by atoms with Crippen molar-refractivity contribution in [2.75, 3.05) is 0 Å². The van der Waals surface area contributed by atoms with Crippen molar-refractivity contribution in [3.8, 4) is 0 Å². The number of aromatic amines is 1. The van der Waals surface area contributed by atoms with Crippen LogP contribution in [0.2, 0.25) is 0 Å².